The molecule has 0 unspecified atom stereocenters. The lowest BCUT2D eigenvalue weighted by molar-refractivity contribution is 0.901. The number of anilines is 1. The molecule has 0 atom stereocenters. The predicted molar refractivity (Wildman–Crippen MR) is 73.8 cm³/mol. The molecule has 0 saturated carbocycles. The molecule has 0 aliphatic heterocycles. The highest BCUT2D eigenvalue weighted by molar-refractivity contribution is 7.99. The molecule has 0 saturated heterocycles. The van der Waals surface area contributed by atoms with E-state index in [2.05, 4.69) is 9.97 Å². The van der Waals surface area contributed by atoms with E-state index in [9.17, 15) is 0 Å². The van der Waals surface area contributed by atoms with Crippen molar-refractivity contribution in [1.82, 2.24) is 9.97 Å². The van der Waals surface area contributed by atoms with Crippen molar-refractivity contribution in [1.29, 1.82) is 0 Å². The van der Waals surface area contributed by atoms with Crippen molar-refractivity contribution in [2.24, 2.45) is 0 Å². The first-order chi connectivity index (χ1) is 8.17. The van der Waals surface area contributed by atoms with Crippen molar-refractivity contribution in [3.63, 3.8) is 0 Å². The maximum Gasteiger partial charge on any atom is 0.195 e. The highest BCUT2D eigenvalue weighted by Crippen LogP contribution is 2.28. The third-order valence-electron chi connectivity index (χ3n) is 1.92. The third-order valence-corrected chi connectivity index (χ3v) is 3.63. The van der Waals surface area contributed by atoms with Gasteiger partial charge in [-0.15, -0.1) is 11.8 Å². The maximum atomic E-state index is 5.92. The van der Waals surface area contributed by atoms with E-state index in [1.807, 2.05) is 30.5 Å². The molecule has 0 aliphatic carbocycles. The van der Waals surface area contributed by atoms with Gasteiger partial charge in [-0.1, -0.05) is 17.7 Å². The number of nitrogens with two attached hydrogens (primary N) is 1. The zero-order chi connectivity index (χ0) is 12.3. The lowest BCUT2D eigenvalue weighted by atomic mass is 10.4. The maximum absolute atomic E-state index is 5.92. The van der Waals surface area contributed by atoms with Crippen LogP contribution in [0, 0.1) is 0 Å². The number of halogens is 1. The Morgan fingerprint density at radius 2 is 2.06 bits per heavy atom. The zero-order valence-corrected chi connectivity index (χ0v) is 11.4. The zero-order valence-electron chi connectivity index (χ0n) is 9.05. The van der Waals surface area contributed by atoms with Crippen molar-refractivity contribution < 1.29 is 0 Å². The minimum Gasteiger partial charge on any atom is -0.384 e. The fourth-order valence-corrected chi connectivity index (χ4v) is 2.77. The second-order valence-electron chi connectivity index (χ2n) is 3.18. The first-order valence-corrected chi connectivity index (χ1v) is 7.21. The van der Waals surface area contributed by atoms with Crippen molar-refractivity contribution in [2.75, 3.05) is 12.0 Å². The van der Waals surface area contributed by atoms with Crippen LogP contribution in [0.3, 0.4) is 0 Å². The molecule has 1 heterocycles. The standard InChI is InChI=1S/C11H10ClN3S2/c1-16-10-6-9(13)14-11(15-10)17-8-4-2-3-7(12)5-8/h2-6H,1H3,(H2,13,14,15). The van der Waals surface area contributed by atoms with Crippen LogP contribution in [0.4, 0.5) is 5.82 Å². The average molecular weight is 284 g/mol. The molecule has 2 rings (SSSR count). The molecule has 0 amide bonds. The quantitative estimate of drug-likeness (QED) is 0.530. The van der Waals surface area contributed by atoms with Gasteiger partial charge in [-0.3, -0.25) is 0 Å². The molecule has 3 nitrogen and oxygen atoms in total. The van der Waals surface area contributed by atoms with Gasteiger partial charge in [0.1, 0.15) is 10.8 Å². The van der Waals surface area contributed by atoms with Crippen molar-refractivity contribution in [3.8, 4) is 0 Å². The highest BCUT2D eigenvalue weighted by atomic mass is 35.5. The molecular formula is C11H10ClN3S2. The van der Waals surface area contributed by atoms with Gasteiger partial charge in [0.05, 0.1) is 0 Å². The smallest absolute Gasteiger partial charge is 0.195 e. The van der Waals surface area contributed by atoms with E-state index < -0.39 is 0 Å². The third kappa shape index (κ3) is 3.52. The molecular weight excluding hydrogens is 274 g/mol. The summed E-state index contributed by atoms with van der Waals surface area (Å²) in [6.45, 7) is 0. The van der Waals surface area contributed by atoms with Crippen molar-refractivity contribution in [3.05, 3.63) is 35.4 Å². The Bertz CT molecular complexity index is 534. The van der Waals surface area contributed by atoms with E-state index >= 15 is 0 Å². The summed E-state index contributed by atoms with van der Waals surface area (Å²) in [5.74, 6) is 0.480. The number of hydrogen-bond donors (Lipinski definition) is 1. The largest absolute Gasteiger partial charge is 0.384 e. The SMILES string of the molecule is CSc1cc(N)nc(Sc2cccc(Cl)c2)n1. The van der Waals surface area contributed by atoms with Crippen LogP contribution in [0.1, 0.15) is 0 Å². The summed E-state index contributed by atoms with van der Waals surface area (Å²) in [6, 6.07) is 9.32. The highest BCUT2D eigenvalue weighted by Gasteiger charge is 2.04. The summed E-state index contributed by atoms with van der Waals surface area (Å²) in [6.07, 6.45) is 1.95. The van der Waals surface area contributed by atoms with Gasteiger partial charge in [0, 0.05) is 16.0 Å². The number of aromatic nitrogens is 2. The predicted octanol–water partition coefficient (Wildman–Crippen LogP) is 3.59. The van der Waals surface area contributed by atoms with Crippen molar-refractivity contribution >= 4 is 40.9 Å². The lowest BCUT2D eigenvalue weighted by Crippen LogP contribution is -1.95. The fraction of sp³-hybridized carbons (Fsp3) is 0.0909. The monoisotopic (exact) mass is 283 g/mol. The summed E-state index contributed by atoms with van der Waals surface area (Å²) < 4.78 is 0. The molecule has 1 aromatic heterocycles. The van der Waals surface area contributed by atoms with Crippen LogP contribution >= 0.6 is 35.1 Å². The molecule has 0 bridgehead atoms. The molecule has 0 fully saturated rings. The minimum atomic E-state index is 0.480. The van der Waals surface area contributed by atoms with Crippen LogP contribution in [-0.2, 0) is 0 Å². The van der Waals surface area contributed by atoms with E-state index in [-0.39, 0.29) is 0 Å². The van der Waals surface area contributed by atoms with Gasteiger partial charge in [0.25, 0.3) is 0 Å². The van der Waals surface area contributed by atoms with Crippen LogP contribution in [0.5, 0.6) is 0 Å². The first-order valence-electron chi connectivity index (χ1n) is 4.79. The fourth-order valence-electron chi connectivity index (χ4n) is 1.21. The molecule has 1 aromatic carbocycles. The van der Waals surface area contributed by atoms with Crippen LogP contribution < -0.4 is 5.73 Å². The molecule has 2 aromatic rings. The molecule has 0 spiro atoms. The Hall–Kier alpha value is -0.910. The second-order valence-corrected chi connectivity index (χ2v) is 5.48. The van der Waals surface area contributed by atoms with Gasteiger partial charge in [0.2, 0.25) is 0 Å². The summed E-state index contributed by atoms with van der Waals surface area (Å²) in [5.41, 5.74) is 5.71. The van der Waals surface area contributed by atoms with Crippen LogP contribution in [0.25, 0.3) is 0 Å². The van der Waals surface area contributed by atoms with Crippen molar-refractivity contribution in [2.45, 2.75) is 15.1 Å². The van der Waals surface area contributed by atoms with Crippen LogP contribution in [0.2, 0.25) is 5.02 Å². The van der Waals surface area contributed by atoms with Gasteiger partial charge in [-0.05, 0) is 36.2 Å². The summed E-state index contributed by atoms with van der Waals surface area (Å²) in [5, 5.41) is 2.20. The number of rotatable bonds is 3. The van der Waals surface area contributed by atoms with E-state index in [0.29, 0.717) is 16.0 Å². The molecule has 0 radical (unpaired) electrons. The molecule has 17 heavy (non-hydrogen) atoms. The summed E-state index contributed by atoms with van der Waals surface area (Å²) >= 11 is 8.90. The number of nitrogen functional groups attached to an aromatic ring is 1. The van der Waals surface area contributed by atoms with Gasteiger partial charge in [0.15, 0.2) is 5.16 Å². The normalized spacial score (nSPS) is 10.5. The van der Waals surface area contributed by atoms with Gasteiger partial charge < -0.3 is 5.73 Å². The van der Waals surface area contributed by atoms with Gasteiger partial charge in [-0.25, -0.2) is 9.97 Å². The Morgan fingerprint density at radius 3 is 2.76 bits per heavy atom. The second kappa shape index (κ2) is 5.62. The average Bonchev–Trinajstić information content (AvgIpc) is 2.28. The number of thioether (sulfide) groups is 1. The Labute approximate surface area is 113 Å². The Balaban J connectivity index is 2.26. The summed E-state index contributed by atoms with van der Waals surface area (Å²) in [7, 11) is 0. The summed E-state index contributed by atoms with van der Waals surface area (Å²) in [4.78, 5) is 9.54. The van der Waals surface area contributed by atoms with Gasteiger partial charge >= 0.3 is 0 Å². The van der Waals surface area contributed by atoms with Crippen LogP contribution in [0.15, 0.2) is 45.4 Å². The lowest BCUT2D eigenvalue weighted by Gasteiger charge is -2.03. The molecule has 0 aliphatic rings. The first kappa shape index (κ1) is 12.5. The minimum absolute atomic E-state index is 0.480. The molecule has 88 valence electrons. The van der Waals surface area contributed by atoms with Crippen LogP contribution in [-0.4, -0.2) is 16.2 Å². The van der Waals surface area contributed by atoms with E-state index in [4.69, 9.17) is 17.3 Å². The number of benzene rings is 1. The Morgan fingerprint density at radius 1 is 1.24 bits per heavy atom. The topological polar surface area (TPSA) is 51.8 Å². The van der Waals surface area contributed by atoms with E-state index in [0.717, 1.165) is 9.92 Å². The number of hydrogen-bond acceptors (Lipinski definition) is 5. The molecule has 6 heteroatoms. The number of nitrogens with zero attached hydrogens (tertiary/aromatic N) is 2. The molecule has 2 N–H and O–H groups in total. The van der Waals surface area contributed by atoms with E-state index in [1.165, 1.54) is 11.8 Å². The van der Waals surface area contributed by atoms with Gasteiger partial charge in [-0.2, -0.15) is 0 Å². The van der Waals surface area contributed by atoms with E-state index in [1.54, 1.807) is 17.8 Å². The Kier molecular flexibility index (Phi) is 4.15.